The molecule has 0 fully saturated rings. The second kappa shape index (κ2) is 8.58. The molecule has 2 aromatic carbocycles. The molecule has 1 atom stereocenters. The van der Waals surface area contributed by atoms with E-state index in [0.717, 1.165) is 11.1 Å². The number of aryl methyl sites for hydroxylation is 1. The molecule has 1 amide bonds. The Morgan fingerprint density at radius 3 is 2.59 bits per heavy atom. The Balaban J connectivity index is 1.47. The highest BCUT2D eigenvalue weighted by molar-refractivity contribution is 5.78. The summed E-state index contributed by atoms with van der Waals surface area (Å²) in [7, 11) is 0. The molecule has 0 bridgehead atoms. The number of nitrogens with one attached hydrogen (secondary N) is 1. The van der Waals surface area contributed by atoms with Crippen LogP contribution in [0.2, 0.25) is 0 Å². The molecule has 0 aromatic heterocycles. The number of amides is 1. The average Bonchev–Trinajstić information content (AvgIpc) is 3.13. The molecule has 1 N–H and O–H groups in total. The lowest BCUT2D eigenvalue weighted by Crippen LogP contribution is -2.31. The first-order valence-corrected chi connectivity index (χ1v) is 8.91. The van der Waals surface area contributed by atoms with Crippen LogP contribution in [-0.2, 0) is 16.0 Å². The Bertz CT molecular complexity index is 816. The van der Waals surface area contributed by atoms with Gasteiger partial charge in [0, 0.05) is 6.42 Å². The van der Waals surface area contributed by atoms with Gasteiger partial charge >= 0.3 is 0 Å². The van der Waals surface area contributed by atoms with Crippen LogP contribution < -0.4 is 19.5 Å². The zero-order valence-corrected chi connectivity index (χ0v) is 15.5. The molecular formula is C21H23NO5. The van der Waals surface area contributed by atoms with Crippen molar-refractivity contribution in [3.63, 3.8) is 0 Å². The summed E-state index contributed by atoms with van der Waals surface area (Å²) in [5, 5.41) is 2.90. The van der Waals surface area contributed by atoms with Gasteiger partial charge in [0.05, 0.1) is 6.04 Å². The van der Waals surface area contributed by atoms with Gasteiger partial charge in [-0.3, -0.25) is 4.79 Å². The van der Waals surface area contributed by atoms with Gasteiger partial charge in [-0.2, -0.15) is 0 Å². The maximum Gasteiger partial charge on any atom is 0.258 e. The molecule has 0 saturated carbocycles. The van der Waals surface area contributed by atoms with Crippen LogP contribution >= 0.6 is 0 Å². The minimum Gasteiger partial charge on any atom is -0.484 e. The first-order valence-electron chi connectivity index (χ1n) is 8.91. The lowest BCUT2D eigenvalue weighted by molar-refractivity contribution is -0.123. The summed E-state index contributed by atoms with van der Waals surface area (Å²) in [6, 6.07) is 12.9. The van der Waals surface area contributed by atoms with Gasteiger partial charge in [0.2, 0.25) is 6.79 Å². The largest absolute Gasteiger partial charge is 0.484 e. The van der Waals surface area contributed by atoms with Gasteiger partial charge in [-0.1, -0.05) is 18.2 Å². The Hall–Kier alpha value is -3.02. The van der Waals surface area contributed by atoms with E-state index in [1.165, 1.54) is 0 Å². The van der Waals surface area contributed by atoms with Crippen molar-refractivity contribution in [2.45, 2.75) is 32.7 Å². The first-order chi connectivity index (χ1) is 13.0. The predicted octanol–water partition coefficient (Wildman–Crippen LogP) is 3.19. The quantitative estimate of drug-likeness (QED) is 0.774. The second-order valence-electron chi connectivity index (χ2n) is 6.54. The third-order valence-corrected chi connectivity index (χ3v) is 4.33. The average molecular weight is 369 g/mol. The van der Waals surface area contributed by atoms with E-state index in [1.807, 2.05) is 49.4 Å². The molecule has 1 aliphatic rings. The van der Waals surface area contributed by atoms with E-state index in [-0.39, 0.29) is 31.1 Å². The molecule has 2 aromatic rings. The first kappa shape index (κ1) is 18.8. The van der Waals surface area contributed by atoms with E-state index in [9.17, 15) is 9.59 Å². The molecule has 1 heterocycles. The molecule has 3 rings (SSSR count). The number of hydrogen-bond donors (Lipinski definition) is 1. The minimum absolute atomic E-state index is 0.0678. The van der Waals surface area contributed by atoms with E-state index >= 15 is 0 Å². The van der Waals surface area contributed by atoms with Crippen LogP contribution in [0.1, 0.15) is 37.4 Å². The molecule has 0 aliphatic carbocycles. The summed E-state index contributed by atoms with van der Waals surface area (Å²) >= 11 is 0. The van der Waals surface area contributed by atoms with Crippen molar-refractivity contribution in [1.29, 1.82) is 0 Å². The second-order valence-corrected chi connectivity index (χ2v) is 6.54. The van der Waals surface area contributed by atoms with Crippen LogP contribution in [0, 0.1) is 0 Å². The lowest BCUT2D eigenvalue weighted by Gasteiger charge is -2.15. The number of Topliss-reactive ketones (excluding diaryl/α,β-unsaturated/α-hetero) is 1. The topological polar surface area (TPSA) is 73.9 Å². The fourth-order valence-electron chi connectivity index (χ4n) is 2.77. The van der Waals surface area contributed by atoms with Crippen LogP contribution in [-0.4, -0.2) is 25.1 Å². The van der Waals surface area contributed by atoms with Crippen LogP contribution in [0.3, 0.4) is 0 Å². The molecule has 0 saturated heterocycles. The van der Waals surface area contributed by atoms with Crippen molar-refractivity contribution in [2.24, 2.45) is 0 Å². The van der Waals surface area contributed by atoms with Gasteiger partial charge in [0.15, 0.2) is 18.1 Å². The molecule has 6 nitrogen and oxygen atoms in total. The summed E-state index contributed by atoms with van der Waals surface area (Å²) in [6.45, 7) is 3.64. The number of fused-ring (bicyclic) bond motifs is 1. The summed E-state index contributed by atoms with van der Waals surface area (Å²) in [5.41, 5.74) is 2.00. The fraction of sp³-hybridized carbons (Fsp3) is 0.333. The standard InChI is InChI=1S/C21H23NO5/c1-14(23)3-4-16-5-8-18(9-6-16)25-12-21(24)22-15(2)17-7-10-19-20(11-17)27-13-26-19/h5-11,15H,3-4,12-13H2,1-2H3,(H,22,24)/t15-/m1/s1. The summed E-state index contributed by atoms with van der Waals surface area (Å²) in [5.74, 6) is 1.99. The third kappa shape index (κ3) is 5.23. The van der Waals surface area contributed by atoms with Crippen LogP contribution in [0.4, 0.5) is 0 Å². The van der Waals surface area contributed by atoms with Gasteiger partial charge in [-0.25, -0.2) is 0 Å². The summed E-state index contributed by atoms with van der Waals surface area (Å²) in [6.07, 6.45) is 1.24. The lowest BCUT2D eigenvalue weighted by atomic mass is 10.1. The Kier molecular flexibility index (Phi) is 5.96. The van der Waals surface area contributed by atoms with Crippen molar-refractivity contribution < 1.29 is 23.8 Å². The normalized spacial score (nSPS) is 13.1. The van der Waals surface area contributed by atoms with E-state index in [4.69, 9.17) is 14.2 Å². The van der Waals surface area contributed by atoms with Gasteiger partial charge in [0.1, 0.15) is 11.5 Å². The number of carbonyl (C=O) groups is 2. The molecule has 0 radical (unpaired) electrons. The highest BCUT2D eigenvalue weighted by Crippen LogP contribution is 2.34. The number of rotatable bonds is 8. The zero-order valence-electron chi connectivity index (χ0n) is 15.5. The van der Waals surface area contributed by atoms with Crippen molar-refractivity contribution in [3.05, 3.63) is 53.6 Å². The Morgan fingerprint density at radius 2 is 1.85 bits per heavy atom. The van der Waals surface area contributed by atoms with Crippen molar-refractivity contribution in [3.8, 4) is 17.2 Å². The van der Waals surface area contributed by atoms with E-state index in [2.05, 4.69) is 5.32 Å². The number of ether oxygens (including phenoxy) is 3. The van der Waals surface area contributed by atoms with Crippen molar-refractivity contribution >= 4 is 11.7 Å². The van der Waals surface area contributed by atoms with Crippen molar-refractivity contribution in [2.75, 3.05) is 13.4 Å². The molecular weight excluding hydrogens is 346 g/mol. The fourth-order valence-corrected chi connectivity index (χ4v) is 2.77. The molecule has 1 aliphatic heterocycles. The maximum atomic E-state index is 12.1. The highest BCUT2D eigenvalue weighted by Gasteiger charge is 2.17. The third-order valence-electron chi connectivity index (χ3n) is 4.33. The van der Waals surface area contributed by atoms with Crippen LogP contribution in [0.5, 0.6) is 17.2 Å². The van der Waals surface area contributed by atoms with Crippen molar-refractivity contribution in [1.82, 2.24) is 5.32 Å². The zero-order chi connectivity index (χ0) is 19.2. The summed E-state index contributed by atoms with van der Waals surface area (Å²) in [4.78, 5) is 23.2. The van der Waals surface area contributed by atoms with E-state index in [1.54, 1.807) is 6.92 Å². The number of hydrogen-bond acceptors (Lipinski definition) is 5. The Morgan fingerprint density at radius 1 is 1.11 bits per heavy atom. The number of benzene rings is 2. The van der Waals surface area contributed by atoms with Gasteiger partial charge in [-0.15, -0.1) is 0 Å². The Labute approximate surface area is 158 Å². The monoisotopic (exact) mass is 369 g/mol. The van der Waals surface area contributed by atoms with Crippen LogP contribution in [0.25, 0.3) is 0 Å². The van der Waals surface area contributed by atoms with Gasteiger partial charge < -0.3 is 24.3 Å². The van der Waals surface area contributed by atoms with E-state index < -0.39 is 0 Å². The molecule has 0 spiro atoms. The van der Waals surface area contributed by atoms with E-state index in [0.29, 0.717) is 30.1 Å². The van der Waals surface area contributed by atoms with Crippen LogP contribution in [0.15, 0.2) is 42.5 Å². The number of ketones is 1. The minimum atomic E-state index is -0.208. The number of carbonyl (C=O) groups excluding carboxylic acids is 2. The van der Waals surface area contributed by atoms with Gasteiger partial charge in [-0.05, 0) is 55.7 Å². The molecule has 142 valence electrons. The molecule has 27 heavy (non-hydrogen) atoms. The maximum absolute atomic E-state index is 12.1. The molecule has 0 unspecified atom stereocenters. The summed E-state index contributed by atoms with van der Waals surface area (Å²) < 4.78 is 16.2. The SMILES string of the molecule is CC(=O)CCc1ccc(OCC(=O)N[C@H](C)c2ccc3c(c2)OCO3)cc1. The molecule has 6 heteroatoms. The highest BCUT2D eigenvalue weighted by atomic mass is 16.7. The van der Waals surface area contributed by atoms with Gasteiger partial charge in [0.25, 0.3) is 5.91 Å². The smallest absolute Gasteiger partial charge is 0.258 e. The predicted molar refractivity (Wildman–Crippen MR) is 100 cm³/mol.